The second-order valence-corrected chi connectivity index (χ2v) is 24.7. The summed E-state index contributed by atoms with van der Waals surface area (Å²) in [6.07, 6.45) is 0.977. The van der Waals surface area contributed by atoms with E-state index in [1.807, 2.05) is 0 Å². The van der Waals surface area contributed by atoms with Crippen molar-refractivity contribution in [2.45, 2.75) is 89.1 Å². The van der Waals surface area contributed by atoms with Crippen molar-refractivity contribution < 1.29 is 41.2 Å². The molecule has 218 valence electrons. The first-order valence-electron chi connectivity index (χ1n) is 12.9. The van der Waals surface area contributed by atoms with Crippen LogP contribution in [-0.4, -0.2) is 70.7 Å². The molecule has 1 N–H and O–H groups in total. The van der Waals surface area contributed by atoms with E-state index < -0.39 is 42.1 Å². The van der Waals surface area contributed by atoms with Crippen LogP contribution in [0.3, 0.4) is 0 Å². The molecule has 0 bridgehead atoms. The summed E-state index contributed by atoms with van der Waals surface area (Å²) in [5, 5.41) is 2.47. The van der Waals surface area contributed by atoms with Gasteiger partial charge in [-0.2, -0.15) is 0 Å². The van der Waals surface area contributed by atoms with Gasteiger partial charge in [0.1, 0.15) is 12.7 Å². The van der Waals surface area contributed by atoms with Crippen LogP contribution in [0.15, 0.2) is 12.4 Å². The predicted octanol–water partition coefficient (Wildman–Crippen LogP) is 6.82. The highest BCUT2D eigenvalue weighted by Crippen LogP contribution is 2.50. The zero-order chi connectivity index (χ0) is 28.5. The molecule has 1 fully saturated rings. The lowest BCUT2D eigenvalue weighted by molar-refractivity contribution is -0.0642. The van der Waals surface area contributed by atoms with Crippen LogP contribution in [0.5, 0.6) is 6.01 Å². The van der Waals surface area contributed by atoms with Crippen LogP contribution in [0, 0.1) is 0 Å². The van der Waals surface area contributed by atoms with Gasteiger partial charge in [0.25, 0.3) is 0 Å². The molecular weight excluding hydrogens is 555 g/mol. The number of nitrogens with one attached hydrogen (secondary N) is 1. The van der Waals surface area contributed by atoms with Crippen LogP contribution in [0.4, 0.5) is 19.3 Å². The van der Waals surface area contributed by atoms with Crippen LogP contribution in [0.1, 0.15) is 25.7 Å². The summed E-state index contributed by atoms with van der Waals surface area (Å²) < 4.78 is 66.8. The van der Waals surface area contributed by atoms with Crippen LogP contribution in [0.25, 0.3) is 0 Å². The van der Waals surface area contributed by atoms with Crippen molar-refractivity contribution in [2.75, 3.05) is 31.7 Å². The number of phosphoric acid groups is 1. The molecule has 1 heterocycles. The number of carbonyl (C=O) groups is 1. The van der Waals surface area contributed by atoms with Gasteiger partial charge in [-0.25, -0.2) is 28.1 Å². The summed E-state index contributed by atoms with van der Waals surface area (Å²) in [6, 6.07) is 1.68. The Labute approximate surface area is 226 Å². The Morgan fingerprint density at radius 3 is 1.95 bits per heavy atom. The number of nitrogens with zero attached hydrogens (tertiary/aromatic N) is 2. The lowest BCUT2D eigenvalue weighted by Crippen LogP contribution is -2.31. The van der Waals surface area contributed by atoms with Crippen LogP contribution in [0.2, 0.25) is 51.4 Å². The second-order valence-electron chi connectivity index (χ2n) is 11.8. The standard InChI is InChI=1S/C23H42F2N3O7PSi2/c1-37(2,3)15-13-33-36(30,34-14-16-38(4,5)6)32-12-11-31-21-26-17-19(18-27-21)28-22(29)35-20-7-9-23(24,25)10-8-20/h17-18,20H,7-16H2,1-6H3,(H,28,29). The fraction of sp³-hybridized carbons (Fsp3) is 0.783. The minimum absolute atomic E-state index is 0.000117. The SMILES string of the molecule is C[Si](C)(C)CCOP(=O)(OCCOc1ncc(NC(=O)OC2CCC(F)(F)CC2)cn1)OCC[Si](C)(C)C. The highest BCUT2D eigenvalue weighted by atomic mass is 31.2. The zero-order valence-corrected chi connectivity index (χ0v) is 26.2. The van der Waals surface area contributed by atoms with Gasteiger partial charge < -0.3 is 9.47 Å². The number of alkyl halides is 2. The van der Waals surface area contributed by atoms with E-state index in [1.165, 1.54) is 12.4 Å². The monoisotopic (exact) mass is 597 g/mol. The van der Waals surface area contributed by atoms with Crippen molar-refractivity contribution >= 4 is 35.8 Å². The van der Waals surface area contributed by atoms with Crippen molar-refractivity contribution in [1.82, 2.24) is 9.97 Å². The molecule has 2 rings (SSSR count). The largest absolute Gasteiger partial charge is 0.474 e. The maximum atomic E-state index is 13.2. The highest BCUT2D eigenvalue weighted by Gasteiger charge is 2.36. The van der Waals surface area contributed by atoms with Crippen LogP contribution in [-0.2, 0) is 22.9 Å². The number of aromatic nitrogens is 2. The number of rotatable bonds is 15. The minimum Gasteiger partial charge on any atom is -0.461 e. The third kappa shape index (κ3) is 14.1. The van der Waals surface area contributed by atoms with Gasteiger partial charge in [-0.05, 0) is 24.9 Å². The van der Waals surface area contributed by atoms with Crippen LogP contribution < -0.4 is 10.1 Å². The van der Waals surface area contributed by atoms with E-state index in [2.05, 4.69) is 54.6 Å². The molecule has 1 aromatic heterocycles. The fourth-order valence-electron chi connectivity index (χ4n) is 3.21. The highest BCUT2D eigenvalue weighted by molar-refractivity contribution is 7.48. The number of carbonyl (C=O) groups excluding carboxylic acids is 1. The Bertz CT molecular complexity index is 897. The van der Waals surface area contributed by atoms with Gasteiger partial charge in [-0.3, -0.25) is 18.9 Å². The Morgan fingerprint density at radius 1 is 0.947 bits per heavy atom. The number of hydrogen-bond donors (Lipinski definition) is 1. The molecule has 0 spiro atoms. The number of anilines is 1. The fourth-order valence-corrected chi connectivity index (χ4v) is 6.13. The minimum atomic E-state index is -3.74. The van der Waals surface area contributed by atoms with Gasteiger partial charge in [-0.15, -0.1) is 0 Å². The Kier molecular flexibility index (Phi) is 12.3. The quantitative estimate of drug-likeness (QED) is 0.132. The van der Waals surface area contributed by atoms with E-state index in [0.717, 1.165) is 12.1 Å². The molecule has 0 aromatic carbocycles. The summed E-state index contributed by atoms with van der Waals surface area (Å²) in [4.78, 5) is 20.0. The molecule has 10 nitrogen and oxygen atoms in total. The number of halogens is 2. The molecule has 0 radical (unpaired) electrons. The summed E-state index contributed by atoms with van der Waals surface area (Å²) in [5.74, 6) is -2.69. The lowest BCUT2D eigenvalue weighted by Gasteiger charge is -2.27. The normalized spacial score (nSPS) is 16.7. The van der Waals surface area contributed by atoms with Crippen molar-refractivity contribution in [2.24, 2.45) is 0 Å². The summed E-state index contributed by atoms with van der Waals surface area (Å²) in [5.41, 5.74) is 0.260. The van der Waals surface area contributed by atoms with E-state index in [-0.39, 0.29) is 50.6 Å². The summed E-state index contributed by atoms with van der Waals surface area (Å²) in [7, 11) is -6.51. The van der Waals surface area contributed by atoms with Crippen molar-refractivity contribution in [3.05, 3.63) is 12.4 Å². The van der Waals surface area contributed by atoms with Gasteiger partial charge in [0, 0.05) is 29.0 Å². The Hall–Kier alpha value is -1.45. The summed E-state index contributed by atoms with van der Waals surface area (Å²) >= 11 is 0. The average molecular weight is 598 g/mol. The maximum absolute atomic E-state index is 13.2. The third-order valence-electron chi connectivity index (χ3n) is 5.58. The van der Waals surface area contributed by atoms with Crippen molar-refractivity contribution in [3.63, 3.8) is 0 Å². The van der Waals surface area contributed by atoms with E-state index in [1.54, 1.807) is 0 Å². The molecule has 38 heavy (non-hydrogen) atoms. The molecule has 15 heteroatoms. The van der Waals surface area contributed by atoms with Crippen molar-refractivity contribution in [1.29, 1.82) is 0 Å². The smallest absolute Gasteiger partial charge is 0.461 e. The number of ether oxygens (including phenoxy) is 2. The molecule has 1 amide bonds. The Balaban J connectivity index is 1.76. The molecular formula is C23H42F2N3O7PSi2. The maximum Gasteiger partial charge on any atom is 0.474 e. The number of hydrogen-bond acceptors (Lipinski definition) is 9. The molecule has 0 saturated heterocycles. The van der Waals surface area contributed by atoms with Gasteiger partial charge in [0.2, 0.25) is 5.92 Å². The first-order chi connectivity index (χ1) is 17.5. The average Bonchev–Trinajstić information content (AvgIpc) is 2.77. The van der Waals surface area contributed by atoms with Crippen LogP contribution >= 0.6 is 7.82 Å². The van der Waals surface area contributed by atoms with Gasteiger partial charge in [0.05, 0.1) is 37.9 Å². The van der Waals surface area contributed by atoms with E-state index in [4.69, 9.17) is 23.0 Å². The first-order valence-corrected chi connectivity index (χ1v) is 21.8. The summed E-state index contributed by atoms with van der Waals surface area (Å²) in [6.45, 7) is 13.7. The third-order valence-corrected chi connectivity index (χ3v) is 10.5. The predicted molar refractivity (Wildman–Crippen MR) is 147 cm³/mol. The van der Waals surface area contributed by atoms with Crippen molar-refractivity contribution in [3.8, 4) is 6.01 Å². The lowest BCUT2D eigenvalue weighted by atomic mass is 9.94. The molecule has 0 unspecified atom stereocenters. The molecule has 0 aliphatic heterocycles. The second kappa shape index (κ2) is 14.3. The zero-order valence-electron chi connectivity index (χ0n) is 23.3. The topological polar surface area (TPSA) is 118 Å². The molecule has 0 atom stereocenters. The van der Waals surface area contributed by atoms with E-state index in [0.29, 0.717) is 13.2 Å². The number of phosphoric ester groups is 1. The van der Waals surface area contributed by atoms with E-state index >= 15 is 0 Å². The molecule has 1 aliphatic rings. The van der Waals surface area contributed by atoms with E-state index in [9.17, 15) is 18.1 Å². The first kappa shape index (κ1) is 32.8. The molecule has 1 aliphatic carbocycles. The molecule has 1 aromatic rings. The van der Waals surface area contributed by atoms with Gasteiger partial charge >= 0.3 is 19.9 Å². The number of amides is 1. The van der Waals surface area contributed by atoms with Gasteiger partial charge in [-0.1, -0.05) is 39.3 Å². The Morgan fingerprint density at radius 2 is 1.45 bits per heavy atom. The molecule has 1 saturated carbocycles. The van der Waals surface area contributed by atoms with Gasteiger partial charge in [0.15, 0.2) is 0 Å².